The van der Waals surface area contributed by atoms with Crippen molar-refractivity contribution in [1.29, 1.82) is 0 Å². The molecule has 29 heavy (non-hydrogen) atoms. The SMILES string of the molecule is [C-]#[N+]c1cc2c3cc4ccccc4cc3c3nc4ccccc4n3c2cc1[N+]#[C-]. The summed E-state index contributed by atoms with van der Waals surface area (Å²) >= 11 is 0. The molecule has 0 N–H and O–H groups in total. The minimum atomic E-state index is 0.367. The van der Waals surface area contributed by atoms with Crippen LogP contribution in [0.1, 0.15) is 0 Å². The van der Waals surface area contributed by atoms with Gasteiger partial charge >= 0.3 is 0 Å². The second-order valence-electron chi connectivity index (χ2n) is 7.09. The van der Waals surface area contributed by atoms with Crippen LogP contribution in [0.2, 0.25) is 0 Å². The first-order valence-corrected chi connectivity index (χ1v) is 9.23. The Kier molecular flexibility index (Phi) is 2.99. The fourth-order valence-electron chi connectivity index (χ4n) is 4.24. The molecule has 0 aliphatic heterocycles. The molecule has 0 fully saturated rings. The molecule has 2 heterocycles. The molecule has 0 saturated carbocycles. The Morgan fingerprint density at radius 2 is 1.31 bits per heavy atom. The Hall–Kier alpha value is -4.41. The van der Waals surface area contributed by atoms with Gasteiger partial charge in [0, 0.05) is 10.9 Å². The minimum Gasteiger partial charge on any atom is -0.293 e. The number of para-hydroxylation sites is 2. The van der Waals surface area contributed by atoms with Crippen molar-refractivity contribution >= 4 is 60.5 Å². The van der Waals surface area contributed by atoms with Crippen LogP contribution < -0.4 is 0 Å². The quantitative estimate of drug-likeness (QED) is 0.160. The third-order valence-electron chi connectivity index (χ3n) is 5.55. The van der Waals surface area contributed by atoms with E-state index in [2.05, 4.69) is 38.4 Å². The minimum absolute atomic E-state index is 0.367. The maximum Gasteiger partial charge on any atom is 0.196 e. The first kappa shape index (κ1) is 15.6. The zero-order valence-corrected chi connectivity index (χ0v) is 15.2. The van der Waals surface area contributed by atoms with Crippen LogP contribution in [0.25, 0.3) is 58.8 Å². The average molecular weight is 368 g/mol. The predicted molar refractivity (Wildman–Crippen MR) is 118 cm³/mol. The van der Waals surface area contributed by atoms with E-state index in [0.29, 0.717) is 11.4 Å². The van der Waals surface area contributed by atoms with Crippen LogP contribution in [-0.2, 0) is 0 Å². The van der Waals surface area contributed by atoms with E-state index in [1.165, 1.54) is 0 Å². The molecule has 0 aliphatic carbocycles. The number of aromatic nitrogens is 2. The van der Waals surface area contributed by atoms with Crippen LogP contribution in [0, 0.1) is 13.1 Å². The van der Waals surface area contributed by atoms with Gasteiger partial charge in [-0.1, -0.05) is 42.5 Å². The van der Waals surface area contributed by atoms with E-state index in [9.17, 15) is 0 Å². The van der Waals surface area contributed by atoms with Gasteiger partial charge in [-0.15, -0.1) is 0 Å². The number of nitrogens with zero attached hydrogens (tertiary/aromatic N) is 4. The number of fused-ring (bicyclic) bond motifs is 9. The molecular weight excluding hydrogens is 356 g/mol. The maximum atomic E-state index is 7.53. The van der Waals surface area contributed by atoms with Crippen LogP contribution in [0.15, 0.2) is 72.8 Å². The highest BCUT2D eigenvalue weighted by Gasteiger charge is 2.16. The first-order valence-electron chi connectivity index (χ1n) is 9.23. The van der Waals surface area contributed by atoms with Gasteiger partial charge in [-0.25, -0.2) is 4.98 Å². The van der Waals surface area contributed by atoms with Crippen LogP contribution >= 0.6 is 0 Å². The zero-order chi connectivity index (χ0) is 19.5. The van der Waals surface area contributed by atoms with Crippen molar-refractivity contribution < 1.29 is 0 Å². The smallest absolute Gasteiger partial charge is 0.196 e. The molecule has 132 valence electrons. The van der Waals surface area contributed by atoms with Crippen molar-refractivity contribution in [3.05, 3.63) is 95.6 Å². The zero-order valence-electron chi connectivity index (χ0n) is 15.2. The Balaban J connectivity index is 2.00. The van der Waals surface area contributed by atoms with Crippen molar-refractivity contribution in [3.63, 3.8) is 0 Å². The van der Waals surface area contributed by atoms with Gasteiger partial charge in [0.1, 0.15) is 5.65 Å². The fourth-order valence-corrected chi connectivity index (χ4v) is 4.24. The van der Waals surface area contributed by atoms with E-state index in [1.54, 1.807) is 0 Å². The summed E-state index contributed by atoms with van der Waals surface area (Å²) in [6.45, 7) is 15.1. The molecule has 6 aromatic rings. The largest absolute Gasteiger partial charge is 0.293 e. The van der Waals surface area contributed by atoms with Crippen molar-refractivity contribution in [2.45, 2.75) is 0 Å². The Morgan fingerprint density at radius 3 is 2.07 bits per heavy atom. The molecule has 0 atom stereocenters. The summed E-state index contributed by atoms with van der Waals surface area (Å²) in [4.78, 5) is 12.1. The highest BCUT2D eigenvalue weighted by Crippen LogP contribution is 2.40. The van der Waals surface area contributed by atoms with Crippen LogP contribution in [-0.4, -0.2) is 9.38 Å². The molecule has 0 bridgehead atoms. The van der Waals surface area contributed by atoms with Gasteiger partial charge in [-0.05, 0) is 51.9 Å². The molecule has 0 aliphatic rings. The second kappa shape index (κ2) is 5.55. The standard InChI is InChI=1S/C25H12N4/c1-26-21-13-18-17-11-15-7-3-4-8-16(15)12-19(17)25-28-20-9-5-6-10-23(20)29(25)24(18)14-22(21)27-2/h3-14H. The summed E-state index contributed by atoms with van der Waals surface area (Å²) in [6, 6.07) is 24.3. The third kappa shape index (κ3) is 2.03. The lowest BCUT2D eigenvalue weighted by Gasteiger charge is -2.12. The van der Waals surface area contributed by atoms with Gasteiger partial charge in [0.25, 0.3) is 0 Å². The van der Waals surface area contributed by atoms with Crippen molar-refractivity contribution in [3.8, 4) is 0 Å². The lowest BCUT2D eigenvalue weighted by Crippen LogP contribution is -1.92. The third-order valence-corrected chi connectivity index (χ3v) is 5.55. The fraction of sp³-hybridized carbons (Fsp3) is 0. The van der Waals surface area contributed by atoms with E-state index in [0.717, 1.165) is 49.1 Å². The molecule has 4 aromatic carbocycles. The Bertz CT molecular complexity index is 1730. The predicted octanol–water partition coefficient (Wildman–Crippen LogP) is 7.05. The Morgan fingerprint density at radius 1 is 0.655 bits per heavy atom. The molecule has 6 rings (SSSR count). The molecule has 0 spiro atoms. The van der Waals surface area contributed by atoms with Gasteiger partial charge in [-0.2, -0.15) is 0 Å². The topological polar surface area (TPSA) is 26.0 Å². The monoisotopic (exact) mass is 368 g/mol. The molecule has 0 unspecified atom stereocenters. The molecular formula is C25H12N4. The van der Waals surface area contributed by atoms with Crippen LogP contribution in [0.4, 0.5) is 11.4 Å². The molecule has 4 heteroatoms. The van der Waals surface area contributed by atoms with E-state index in [4.69, 9.17) is 18.1 Å². The number of hydrogen-bond donors (Lipinski definition) is 0. The lowest BCUT2D eigenvalue weighted by molar-refractivity contribution is 1.32. The van der Waals surface area contributed by atoms with Gasteiger partial charge in [0.2, 0.25) is 0 Å². The summed E-state index contributed by atoms with van der Waals surface area (Å²) in [6.07, 6.45) is 0. The number of benzene rings is 4. The van der Waals surface area contributed by atoms with Gasteiger partial charge in [-0.3, -0.25) is 14.1 Å². The van der Waals surface area contributed by atoms with Crippen molar-refractivity contribution in [2.75, 3.05) is 0 Å². The number of imidazole rings is 1. The summed E-state index contributed by atoms with van der Waals surface area (Å²) in [5.41, 5.74) is 4.42. The molecule has 2 aromatic heterocycles. The summed E-state index contributed by atoms with van der Waals surface area (Å²) in [7, 11) is 0. The van der Waals surface area contributed by atoms with Crippen LogP contribution in [0.5, 0.6) is 0 Å². The summed E-state index contributed by atoms with van der Waals surface area (Å²) < 4.78 is 2.12. The number of hydrogen-bond acceptors (Lipinski definition) is 1. The van der Waals surface area contributed by atoms with Gasteiger partial charge in [0.05, 0.1) is 24.2 Å². The maximum absolute atomic E-state index is 7.53. The van der Waals surface area contributed by atoms with E-state index in [1.807, 2.05) is 48.5 Å². The number of pyridine rings is 1. The molecule has 0 radical (unpaired) electrons. The summed E-state index contributed by atoms with van der Waals surface area (Å²) in [5, 5.41) is 5.33. The van der Waals surface area contributed by atoms with E-state index < -0.39 is 0 Å². The van der Waals surface area contributed by atoms with E-state index in [-0.39, 0.29) is 0 Å². The number of rotatable bonds is 0. The van der Waals surface area contributed by atoms with Crippen LogP contribution in [0.3, 0.4) is 0 Å². The van der Waals surface area contributed by atoms with Crippen molar-refractivity contribution in [2.24, 2.45) is 0 Å². The Labute approximate surface area is 165 Å². The average Bonchev–Trinajstić information content (AvgIpc) is 3.17. The highest BCUT2D eigenvalue weighted by molar-refractivity contribution is 6.18. The molecule has 4 nitrogen and oxygen atoms in total. The van der Waals surface area contributed by atoms with Gasteiger partial charge in [0.15, 0.2) is 11.4 Å². The van der Waals surface area contributed by atoms with Crippen molar-refractivity contribution in [1.82, 2.24) is 9.38 Å². The molecule has 0 amide bonds. The molecule has 0 saturated heterocycles. The second-order valence-corrected chi connectivity index (χ2v) is 7.09. The first-order chi connectivity index (χ1) is 14.3. The van der Waals surface area contributed by atoms with Gasteiger partial charge < -0.3 is 0 Å². The summed E-state index contributed by atoms with van der Waals surface area (Å²) in [5.74, 6) is 0. The lowest BCUT2D eigenvalue weighted by atomic mass is 10.00. The normalized spacial score (nSPS) is 11.4. The van der Waals surface area contributed by atoms with E-state index >= 15 is 0 Å². The highest BCUT2D eigenvalue weighted by atomic mass is 15.0.